The minimum absolute atomic E-state index is 0.0307. The number of aliphatic hydroxyl groups excluding tert-OH is 1. The lowest BCUT2D eigenvalue weighted by Gasteiger charge is -2.41. The van der Waals surface area contributed by atoms with E-state index in [9.17, 15) is 27.9 Å². The number of rotatable bonds is 10. The normalized spacial score (nSPS) is 29.8. The van der Waals surface area contributed by atoms with E-state index in [-0.39, 0.29) is 24.7 Å². The highest BCUT2D eigenvalue weighted by Crippen LogP contribution is 2.45. The van der Waals surface area contributed by atoms with Crippen LogP contribution in [-0.4, -0.2) is 83.7 Å². The Hall–Kier alpha value is -1.98. The van der Waals surface area contributed by atoms with Gasteiger partial charge in [-0.25, -0.2) is 8.42 Å². The standard InChI is InChI=1S/C27H44N4O6S/c1-5-18-17-27(18,25(35)29-38(36,37)19-11-12-19)28-23(33)21-10-9-15-31(21)24(34)20(26(2,3)4)16-22(32)30-13-7-6-8-14-30/h5,18-21,24,34H,1,6-17H2,2-4H3,(H,28,33)(H,29,35). The van der Waals surface area contributed by atoms with Gasteiger partial charge in [0.25, 0.3) is 5.91 Å². The minimum Gasteiger partial charge on any atom is -0.378 e. The summed E-state index contributed by atoms with van der Waals surface area (Å²) >= 11 is 0. The summed E-state index contributed by atoms with van der Waals surface area (Å²) in [7, 11) is -3.76. The maximum Gasteiger partial charge on any atom is 0.259 e. The number of piperidine rings is 1. The molecule has 0 aromatic carbocycles. The van der Waals surface area contributed by atoms with Crippen molar-refractivity contribution in [2.45, 2.75) is 102 Å². The fourth-order valence-corrected chi connectivity index (χ4v) is 7.32. The average molecular weight is 553 g/mol. The topological polar surface area (TPSA) is 136 Å². The van der Waals surface area contributed by atoms with Crippen molar-refractivity contribution in [3.05, 3.63) is 12.7 Å². The fourth-order valence-electron chi connectivity index (χ4n) is 5.96. The van der Waals surface area contributed by atoms with Crippen LogP contribution < -0.4 is 10.0 Å². The Kier molecular flexibility index (Phi) is 8.31. The van der Waals surface area contributed by atoms with Gasteiger partial charge in [0, 0.05) is 37.9 Å². The van der Waals surface area contributed by atoms with E-state index in [0.717, 1.165) is 32.4 Å². The summed E-state index contributed by atoms with van der Waals surface area (Å²) in [4.78, 5) is 43.3. The van der Waals surface area contributed by atoms with Crippen LogP contribution in [0, 0.1) is 17.3 Å². The van der Waals surface area contributed by atoms with Crippen molar-refractivity contribution in [3.63, 3.8) is 0 Å². The first-order chi connectivity index (χ1) is 17.8. The first-order valence-electron chi connectivity index (χ1n) is 14.0. The predicted octanol–water partition coefficient (Wildman–Crippen LogP) is 1.50. The van der Waals surface area contributed by atoms with Gasteiger partial charge in [0.2, 0.25) is 21.8 Å². The molecule has 2 saturated carbocycles. The molecule has 2 heterocycles. The zero-order valence-corrected chi connectivity index (χ0v) is 23.8. The van der Waals surface area contributed by atoms with Gasteiger partial charge in [0.15, 0.2) is 0 Å². The largest absolute Gasteiger partial charge is 0.378 e. The number of aliphatic hydroxyl groups is 1. The molecule has 5 atom stereocenters. The van der Waals surface area contributed by atoms with Crippen LogP contribution in [0.5, 0.6) is 0 Å². The predicted molar refractivity (Wildman–Crippen MR) is 143 cm³/mol. The molecule has 0 spiro atoms. The second-order valence-electron chi connectivity index (χ2n) is 12.6. The number of carbonyl (C=O) groups is 3. The van der Waals surface area contributed by atoms with Gasteiger partial charge in [0.05, 0.1) is 11.3 Å². The van der Waals surface area contributed by atoms with E-state index in [1.54, 1.807) is 11.0 Å². The summed E-state index contributed by atoms with van der Waals surface area (Å²) in [5, 5.41) is 13.8. The van der Waals surface area contributed by atoms with Crippen molar-refractivity contribution in [2.24, 2.45) is 17.3 Å². The number of nitrogens with zero attached hydrogens (tertiary/aromatic N) is 2. The highest BCUT2D eigenvalue weighted by atomic mass is 32.2. The first-order valence-corrected chi connectivity index (χ1v) is 15.6. The van der Waals surface area contributed by atoms with Crippen LogP contribution in [-0.2, 0) is 24.4 Å². The molecule has 4 aliphatic rings. The van der Waals surface area contributed by atoms with E-state index >= 15 is 0 Å². The number of hydrogen-bond acceptors (Lipinski definition) is 7. The van der Waals surface area contributed by atoms with Crippen LogP contribution in [0.25, 0.3) is 0 Å². The fraction of sp³-hybridized carbons (Fsp3) is 0.815. The Bertz CT molecular complexity index is 1050. The maximum absolute atomic E-state index is 13.5. The van der Waals surface area contributed by atoms with Crippen LogP contribution in [0.3, 0.4) is 0 Å². The molecule has 5 unspecified atom stereocenters. The molecule has 2 aliphatic heterocycles. The number of amides is 3. The number of carbonyl (C=O) groups excluding carboxylic acids is 3. The molecular formula is C27H44N4O6S. The molecule has 214 valence electrons. The van der Waals surface area contributed by atoms with Crippen LogP contribution in [0.2, 0.25) is 0 Å². The van der Waals surface area contributed by atoms with Gasteiger partial charge in [-0.15, -0.1) is 6.58 Å². The zero-order valence-electron chi connectivity index (χ0n) is 22.9. The molecule has 4 fully saturated rings. The third kappa shape index (κ3) is 6.09. The van der Waals surface area contributed by atoms with Gasteiger partial charge in [-0.3, -0.25) is 24.0 Å². The van der Waals surface area contributed by atoms with Crippen LogP contribution in [0.4, 0.5) is 0 Å². The van der Waals surface area contributed by atoms with Crippen molar-refractivity contribution in [2.75, 3.05) is 19.6 Å². The van der Waals surface area contributed by atoms with Gasteiger partial charge >= 0.3 is 0 Å². The van der Waals surface area contributed by atoms with E-state index in [4.69, 9.17) is 0 Å². The van der Waals surface area contributed by atoms with E-state index in [0.29, 0.717) is 32.2 Å². The van der Waals surface area contributed by atoms with E-state index < -0.39 is 56.2 Å². The summed E-state index contributed by atoms with van der Waals surface area (Å²) in [5.41, 5.74) is -1.75. The Morgan fingerprint density at radius 1 is 1.08 bits per heavy atom. The molecule has 0 aromatic rings. The maximum atomic E-state index is 13.5. The Labute approximate surface area is 226 Å². The van der Waals surface area contributed by atoms with Gasteiger partial charge in [0.1, 0.15) is 11.8 Å². The molecule has 0 aromatic heterocycles. The van der Waals surface area contributed by atoms with Crippen LogP contribution in [0.15, 0.2) is 12.7 Å². The Morgan fingerprint density at radius 3 is 2.29 bits per heavy atom. The average Bonchev–Trinajstić information content (AvgIpc) is 3.78. The summed E-state index contributed by atoms with van der Waals surface area (Å²) in [6.45, 7) is 11.7. The first kappa shape index (κ1) is 29.0. The molecular weight excluding hydrogens is 508 g/mol. The highest BCUT2D eigenvalue weighted by molar-refractivity contribution is 7.91. The van der Waals surface area contributed by atoms with Gasteiger partial charge in [-0.1, -0.05) is 26.8 Å². The molecule has 38 heavy (non-hydrogen) atoms. The molecule has 4 rings (SSSR count). The van der Waals surface area contributed by atoms with E-state index in [1.807, 2.05) is 25.7 Å². The highest BCUT2D eigenvalue weighted by Gasteiger charge is 2.61. The minimum atomic E-state index is -3.76. The lowest BCUT2D eigenvalue weighted by Crippen LogP contribution is -2.58. The third-order valence-corrected chi connectivity index (χ3v) is 10.6. The molecule has 11 heteroatoms. The van der Waals surface area contributed by atoms with Gasteiger partial charge in [-0.2, -0.15) is 0 Å². The summed E-state index contributed by atoms with van der Waals surface area (Å²) in [6.07, 6.45) is 6.36. The van der Waals surface area contributed by atoms with Crippen molar-refractivity contribution >= 4 is 27.7 Å². The molecule has 2 saturated heterocycles. The van der Waals surface area contributed by atoms with E-state index in [2.05, 4.69) is 16.6 Å². The van der Waals surface area contributed by atoms with Crippen molar-refractivity contribution in [3.8, 4) is 0 Å². The molecule has 3 amide bonds. The van der Waals surface area contributed by atoms with Crippen LogP contribution >= 0.6 is 0 Å². The zero-order chi connectivity index (χ0) is 27.9. The third-order valence-electron chi connectivity index (χ3n) is 8.76. The number of sulfonamides is 1. The SMILES string of the molecule is C=CC1CC1(NC(=O)C1CCCN1C(O)C(CC(=O)N1CCCCC1)C(C)(C)C)C(=O)NS(=O)(=O)C1CC1. The monoisotopic (exact) mass is 552 g/mol. The number of hydrogen-bond donors (Lipinski definition) is 3. The van der Waals surface area contributed by atoms with Gasteiger partial charge < -0.3 is 15.3 Å². The Morgan fingerprint density at radius 2 is 1.74 bits per heavy atom. The Balaban J connectivity index is 1.46. The van der Waals surface area contributed by atoms with Crippen molar-refractivity contribution in [1.29, 1.82) is 0 Å². The molecule has 0 radical (unpaired) electrons. The molecule has 10 nitrogen and oxygen atoms in total. The lowest BCUT2D eigenvalue weighted by atomic mass is 9.76. The quantitative estimate of drug-likeness (QED) is 0.350. The smallest absolute Gasteiger partial charge is 0.259 e. The van der Waals surface area contributed by atoms with Crippen molar-refractivity contribution in [1.82, 2.24) is 19.8 Å². The summed E-state index contributed by atoms with van der Waals surface area (Å²) in [5.74, 6) is -1.88. The second-order valence-corrected chi connectivity index (χ2v) is 14.6. The second kappa shape index (κ2) is 10.9. The molecule has 0 bridgehead atoms. The summed E-state index contributed by atoms with van der Waals surface area (Å²) < 4.78 is 26.9. The number of nitrogens with one attached hydrogen (secondary N) is 2. The van der Waals surface area contributed by atoms with Crippen LogP contribution in [0.1, 0.15) is 78.6 Å². The summed E-state index contributed by atoms with van der Waals surface area (Å²) in [6, 6.07) is -0.685. The van der Waals surface area contributed by atoms with E-state index in [1.165, 1.54) is 0 Å². The molecule has 2 aliphatic carbocycles. The lowest BCUT2D eigenvalue weighted by molar-refractivity contribution is -0.144. The van der Waals surface area contributed by atoms with Gasteiger partial charge in [-0.05, 0) is 56.8 Å². The van der Waals surface area contributed by atoms with Crippen molar-refractivity contribution < 1.29 is 27.9 Å². The number of likely N-dealkylation sites (tertiary alicyclic amines) is 2. The molecule has 3 N–H and O–H groups in total.